The highest BCUT2D eigenvalue weighted by molar-refractivity contribution is 5.95. The Morgan fingerprint density at radius 3 is 2.46 bits per heavy atom. The second kappa shape index (κ2) is 7.38. The lowest BCUT2D eigenvalue weighted by Gasteiger charge is -2.36. The zero-order valence-corrected chi connectivity index (χ0v) is 14.6. The Labute approximate surface area is 143 Å². The van der Waals surface area contributed by atoms with E-state index in [9.17, 15) is 9.59 Å². The van der Waals surface area contributed by atoms with Crippen LogP contribution in [0.2, 0.25) is 0 Å². The lowest BCUT2D eigenvalue weighted by Crippen LogP contribution is -2.52. The van der Waals surface area contributed by atoms with E-state index in [1.807, 2.05) is 11.8 Å². The van der Waals surface area contributed by atoms with Gasteiger partial charge in [-0.25, -0.2) is 0 Å². The summed E-state index contributed by atoms with van der Waals surface area (Å²) in [5, 5.41) is 3.08. The number of nitrogens with one attached hydrogen (secondary N) is 1. The van der Waals surface area contributed by atoms with Crippen molar-refractivity contribution in [2.75, 3.05) is 26.2 Å². The maximum atomic E-state index is 12.5. The third-order valence-corrected chi connectivity index (χ3v) is 5.29. The molecule has 0 spiro atoms. The average Bonchev–Trinajstić information content (AvgIpc) is 3.25. The molecule has 2 fully saturated rings. The molecule has 1 N–H and O–H groups in total. The molecular weight excluding hydrogens is 306 g/mol. The van der Waals surface area contributed by atoms with Crippen LogP contribution in [0.1, 0.15) is 48.7 Å². The number of furan rings is 1. The molecule has 0 bridgehead atoms. The van der Waals surface area contributed by atoms with Crippen molar-refractivity contribution in [3.8, 4) is 0 Å². The number of carbonyl (C=O) groups is 2. The zero-order chi connectivity index (χ0) is 17.1. The van der Waals surface area contributed by atoms with Crippen molar-refractivity contribution in [1.82, 2.24) is 15.1 Å². The molecule has 1 aromatic heterocycles. The molecule has 0 unspecified atom stereocenters. The topological polar surface area (TPSA) is 65.8 Å². The summed E-state index contributed by atoms with van der Waals surface area (Å²) in [5.74, 6) is 0.833. The van der Waals surface area contributed by atoms with E-state index < -0.39 is 0 Å². The van der Waals surface area contributed by atoms with E-state index in [-0.39, 0.29) is 23.9 Å². The normalized spacial score (nSPS) is 21.0. The molecule has 24 heavy (non-hydrogen) atoms. The van der Waals surface area contributed by atoms with Gasteiger partial charge >= 0.3 is 0 Å². The standard InChI is InChI=1S/C18H27N3O3/c1-13(18(23)21-8-3-4-9-21)20-10-5-15(6-11-20)19-17(22)16-7-12-24-14(16)2/h7,12-13,15H,3-6,8-11H2,1-2H3,(H,19,22)/t13-/m1/s1. The first-order valence-electron chi connectivity index (χ1n) is 8.94. The minimum absolute atomic E-state index is 0.0594. The number of rotatable bonds is 4. The molecule has 6 nitrogen and oxygen atoms in total. The van der Waals surface area contributed by atoms with Crippen LogP contribution in [0.4, 0.5) is 0 Å². The lowest BCUT2D eigenvalue weighted by molar-refractivity contribution is -0.135. The fraction of sp³-hybridized carbons (Fsp3) is 0.667. The fourth-order valence-electron chi connectivity index (χ4n) is 3.67. The first-order valence-corrected chi connectivity index (χ1v) is 8.94. The van der Waals surface area contributed by atoms with Gasteiger partial charge in [-0.1, -0.05) is 0 Å². The van der Waals surface area contributed by atoms with Gasteiger partial charge in [0.15, 0.2) is 0 Å². The lowest BCUT2D eigenvalue weighted by atomic mass is 10.0. The van der Waals surface area contributed by atoms with Crippen LogP contribution in [0.3, 0.4) is 0 Å². The maximum Gasteiger partial charge on any atom is 0.255 e. The van der Waals surface area contributed by atoms with Crippen LogP contribution in [-0.4, -0.2) is 59.9 Å². The van der Waals surface area contributed by atoms with Crippen molar-refractivity contribution in [2.45, 2.75) is 51.6 Å². The molecule has 2 aliphatic heterocycles. The minimum Gasteiger partial charge on any atom is -0.469 e. The number of aryl methyl sites for hydroxylation is 1. The first kappa shape index (κ1) is 17.0. The van der Waals surface area contributed by atoms with Crippen molar-refractivity contribution in [3.63, 3.8) is 0 Å². The quantitative estimate of drug-likeness (QED) is 0.912. The van der Waals surface area contributed by atoms with Crippen LogP contribution in [0.15, 0.2) is 16.7 Å². The van der Waals surface area contributed by atoms with Gasteiger partial charge in [0.05, 0.1) is 17.9 Å². The van der Waals surface area contributed by atoms with Crippen LogP contribution in [0.5, 0.6) is 0 Å². The van der Waals surface area contributed by atoms with Crippen molar-refractivity contribution in [2.24, 2.45) is 0 Å². The second-order valence-electron chi connectivity index (χ2n) is 6.88. The van der Waals surface area contributed by atoms with E-state index >= 15 is 0 Å². The molecule has 2 amide bonds. The smallest absolute Gasteiger partial charge is 0.255 e. The molecular formula is C18H27N3O3. The van der Waals surface area contributed by atoms with Crippen molar-refractivity contribution in [3.05, 3.63) is 23.7 Å². The van der Waals surface area contributed by atoms with E-state index in [1.54, 1.807) is 19.3 Å². The molecule has 0 saturated carbocycles. The average molecular weight is 333 g/mol. The summed E-state index contributed by atoms with van der Waals surface area (Å²) in [6, 6.07) is 1.81. The summed E-state index contributed by atoms with van der Waals surface area (Å²) in [5.41, 5.74) is 0.606. The fourth-order valence-corrected chi connectivity index (χ4v) is 3.67. The molecule has 1 atom stereocenters. The van der Waals surface area contributed by atoms with Crippen LogP contribution in [0, 0.1) is 6.92 Å². The second-order valence-corrected chi connectivity index (χ2v) is 6.88. The Bertz CT molecular complexity index is 584. The highest BCUT2D eigenvalue weighted by atomic mass is 16.3. The van der Waals surface area contributed by atoms with Crippen molar-refractivity contribution < 1.29 is 14.0 Å². The number of hydrogen-bond acceptors (Lipinski definition) is 4. The Morgan fingerprint density at radius 2 is 1.88 bits per heavy atom. The molecule has 0 aromatic carbocycles. The van der Waals surface area contributed by atoms with Crippen molar-refractivity contribution >= 4 is 11.8 Å². The zero-order valence-electron chi connectivity index (χ0n) is 14.6. The highest BCUT2D eigenvalue weighted by Gasteiger charge is 2.31. The van der Waals surface area contributed by atoms with E-state index in [0.717, 1.165) is 51.9 Å². The highest BCUT2D eigenvalue weighted by Crippen LogP contribution is 2.18. The Hall–Kier alpha value is -1.82. The van der Waals surface area contributed by atoms with Gasteiger partial charge in [-0.05, 0) is 45.6 Å². The monoisotopic (exact) mass is 333 g/mol. The SMILES string of the molecule is Cc1occc1C(=O)NC1CCN([C@H](C)C(=O)N2CCCC2)CC1. The van der Waals surface area contributed by atoms with Gasteiger partial charge in [0.2, 0.25) is 5.91 Å². The van der Waals surface area contributed by atoms with Crippen LogP contribution >= 0.6 is 0 Å². The predicted octanol–water partition coefficient (Wildman–Crippen LogP) is 1.79. The summed E-state index contributed by atoms with van der Waals surface area (Å²) in [6.07, 6.45) is 5.54. The number of hydrogen-bond donors (Lipinski definition) is 1. The number of carbonyl (C=O) groups excluding carboxylic acids is 2. The van der Waals surface area contributed by atoms with E-state index in [4.69, 9.17) is 4.42 Å². The Kier molecular flexibility index (Phi) is 5.23. The van der Waals surface area contributed by atoms with Crippen LogP contribution in [0.25, 0.3) is 0 Å². The van der Waals surface area contributed by atoms with E-state index in [1.165, 1.54) is 0 Å². The van der Waals surface area contributed by atoms with Gasteiger partial charge in [-0.3, -0.25) is 14.5 Å². The number of amides is 2. The molecule has 3 heterocycles. The Balaban J connectivity index is 1.47. The number of likely N-dealkylation sites (tertiary alicyclic amines) is 2. The molecule has 6 heteroatoms. The van der Waals surface area contributed by atoms with Gasteiger partial charge in [-0.2, -0.15) is 0 Å². The Morgan fingerprint density at radius 1 is 1.21 bits per heavy atom. The molecule has 2 saturated heterocycles. The van der Waals surface area contributed by atoms with Gasteiger partial charge in [0, 0.05) is 32.2 Å². The maximum absolute atomic E-state index is 12.5. The number of nitrogens with zero attached hydrogens (tertiary/aromatic N) is 2. The summed E-state index contributed by atoms with van der Waals surface area (Å²) < 4.78 is 5.19. The first-order chi connectivity index (χ1) is 11.6. The minimum atomic E-state index is -0.0686. The summed E-state index contributed by atoms with van der Waals surface area (Å²) in [6.45, 7) is 7.29. The van der Waals surface area contributed by atoms with Crippen LogP contribution < -0.4 is 5.32 Å². The van der Waals surface area contributed by atoms with Gasteiger partial charge in [0.25, 0.3) is 5.91 Å². The largest absolute Gasteiger partial charge is 0.469 e. The molecule has 2 aliphatic rings. The molecule has 0 aliphatic carbocycles. The van der Waals surface area contributed by atoms with Crippen molar-refractivity contribution in [1.29, 1.82) is 0 Å². The predicted molar refractivity (Wildman–Crippen MR) is 90.8 cm³/mol. The van der Waals surface area contributed by atoms with Crippen LogP contribution in [-0.2, 0) is 4.79 Å². The number of piperidine rings is 1. The van der Waals surface area contributed by atoms with Gasteiger partial charge < -0.3 is 14.6 Å². The third-order valence-electron chi connectivity index (χ3n) is 5.29. The van der Waals surface area contributed by atoms with Gasteiger partial charge in [0.1, 0.15) is 5.76 Å². The molecule has 132 valence electrons. The summed E-state index contributed by atoms with van der Waals surface area (Å²) in [7, 11) is 0. The molecule has 3 rings (SSSR count). The van der Waals surface area contributed by atoms with E-state index in [0.29, 0.717) is 11.3 Å². The third kappa shape index (κ3) is 3.64. The molecule has 0 radical (unpaired) electrons. The summed E-state index contributed by atoms with van der Waals surface area (Å²) >= 11 is 0. The van der Waals surface area contributed by atoms with E-state index in [2.05, 4.69) is 10.2 Å². The summed E-state index contributed by atoms with van der Waals surface area (Å²) in [4.78, 5) is 29.0. The molecule has 1 aromatic rings. The van der Waals surface area contributed by atoms with Gasteiger partial charge in [-0.15, -0.1) is 0 Å².